The number of likely N-dealkylation sites (N-methyl/N-ethyl adjacent to an activating group) is 1. The largest absolute Gasteiger partial charge is 0.573 e. The van der Waals surface area contributed by atoms with E-state index in [-0.39, 0.29) is 35.5 Å². The van der Waals surface area contributed by atoms with Crippen molar-refractivity contribution in [3.05, 3.63) is 63.9 Å². The second kappa shape index (κ2) is 10.4. The summed E-state index contributed by atoms with van der Waals surface area (Å²) in [6.45, 7) is 3.74. The van der Waals surface area contributed by atoms with E-state index in [9.17, 15) is 48.0 Å². The first-order chi connectivity index (χ1) is 20.4. The molecule has 0 saturated heterocycles. The van der Waals surface area contributed by atoms with Crippen molar-refractivity contribution in [1.29, 1.82) is 0 Å². The zero-order valence-electron chi connectivity index (χ0n) is 24.2. The van der Waals surface area contributed by atoms with E-state index in [4.69, 9.17) is 5.73 Å². The van der Waals surface area contributed by atoms with Gasteiger partial charge >= 0.3 is 6.36 Å². The SMILES string of the molecule is CC(C)c1cc(-c2ccc(OC(F)(F)F)cc2)c(O)c2c1CC1CC3C(N(C)C)C(=O)C(C(N)=O)=C(O)C3(O)C(=O)C1=C2O. The Morgan fingerprint density at radius 3 is 2.25 bits per heavy atom. The van der Waals surface area contributed by atoms with Crippen molar-refractivity contribution in [2.24, 2.45) is 17.6 Å². The number of Topliss-reactive ketones (excluding diaryl/α,β-unsaturated/α-hetero) is 2. The number of ether oxygens (including phenoxy) is 1. The Morgan fingerprint density at radius 2 is 1.73 bits per heavy atom. The summed E-state index contributed by atoms with van der Waals surface area (Å²) in [6, 6.07) is 5.21. The topological polar surface area (TPSA) is 171 Å². The van der Waals surface area contributed by atoms with Gasteiger partial charge in [0.1, 0.15) is 28.6 Å². The number of primary amides is 1. The first kappa shape index (κ1) is 31.1. The predicted octanol–water partition coefficient (Wildman–Crippen LogP) is 3.65. The number of nitrogens with two attached hydrogens (primary N) is 1. The smallest absolute Gasteiger partial charge is 0.508 e. The van der Waals surface area contributed by atoms with Crippen molar-refractivity contribution in [1.82, 2.24) is 4.90 Å². The Balaban J connectivity index is 1.71. The van der Waals surface area contributed by atoms with Crippen LogP contribution in [0.1, 0.15) is 42.9 Å². The molecule has 10 nitrogen and oxygen atoms in total. The van der Waals surface area contributed by atoms with Gasteiger partial charge in [0.15, 0.2) is 11.4 Å². The molecule has 6 N–H and O–H groups in total. The molecule has 44 heavy (non-hydrogen) atoms. The molecule has 2 aromatic carbocycles. The fraction of sp³-hybridized carbons (Fsp3) is 0.387. The molecule has 0 aliphatic heterocycles. The molecule has 4 atom stereocenters. The van der Waals surface area contributed by atoms with Crippen molar-refractivity contribution < 1.29 is 52.7 Å². The van der Waals surface area contributed by atoms with Crippen molar-refractivity contribution in [2.45, 2.75) is 50.6 Å². The monoisotopic (exact) mass is 616 g/mol. The van der Waals surface area contributed by atoms with E-state index in [0.29, 0.717) is 16.7 Å². The normalized spacial score (nSPS) is 25.3. The number of benzene rings is 2. The summed E-state index contributed by atoms with van der Waals surface area (Å²) < 4.78 is 41.9. The fourth-order valence-corrected chi connectivity index (χ4v) is 6.91. The number of hydrogen-bond donors (Lipinski definition) is 5. The Hall–Kier alpha value is -4.36. The zero-order chi connectivity index (χ0) is 32.6. The van der Waals surface area contributed by atoms with E-state index in [1.807, 2.05) is 13.8 Å². The molecule has 5 rings (SSSR count). The maximum Gasteiger partial charge on any atom is 0.573 e. The van der Waals surface area contributed by atoms with Crippen LogP contribution in [0.15, 0.2) is 47.2 Å². The maximum atomic E-state index is 14.1. The molecule has 4 unspecified atom stereocenters. The average molecular weight is 617 g/mol. The number of phenols is 1. The number of rotatable bonds is 5. The van der Waals surface area contributed by atoms with Gasteiger partial charge in [-0.25, -0.2) is 0 Å². The Bertz CT molecular complexity index is 1660. The summed E-state index contributed by atoms with van der Waals surface area (Å²) in [4.78, 5) is 40.9. The number of halogens is 3. The van der Waals surface area contributed by atoms with E-state index in [1.165, 1.54) is 31.1 Å². The average Bonchev–Trinajstić information content (AvgIpc) is 2.90. The van der Waals surface area contributed by atoms with Gasteiger partial charge in [-0.1, -0.05) is 26.0 Å². The first-order valence-electron chi connectivity index (χ1n) is 13.8. The van der Waals surface area contributed by atoms with Gasteiger partial charge in [-0.05, 0) is 73.7 Å². The van der Waals surface area contributed by atoms with Gasteiger partial charge in [-0.15, -0.1) is 13.2 Å². The number of phenolic OH excluding ortho intramolecular Hbond substituents is 1. The molecule has 2 aromatic rings. The van der Waals surface area contributed by atoms with Gasteiger partial charge in [0.25, 0.3) is 5.91 Å². The number of aromatic hydroxyl groups is 1. The third kappa shape index (κ3) is 4.61. The molecule has 13 heteroatoms. The van der Waals surface area contributed by atoms with Crippen LogP contribution in [0.2, 0.25) is 0 Å². The summed E-state index contributed by atoms with van der Waals surface area (Å²) in [5.41, 5.74) is 2.94. The lowest BCUT2D eigenvalue weighted by molar-refractivity contribution is -0.274. The number of alkyl halides is 3. The minimum atomic E-state index is -4.90. The van der Waals surface area contributed by atoms with E-state index in [1.54, 1.807) is 6.07 Å². The van der Waals surface area contributed by atoms with Crippen molar-refractivity contribution in [2.75, 3.05) is 14.1 Å². The van der Waals surface area contributed by atoms with Gasteiger partial charge in [0.05, 0.1) is 11.6 Å². The summed E-state index contributed by atoms with van der Waals surface area (Å²) in [6.07, 6.45) is -4.83. The second-order valence-corrected chi connectivity index (χ2v) is 11.9. The van der Waals surface area contributed by atoms with Crippen LogP contribution in [0.3, 0.4) is 0 Å². The lowest BCUT2D eigenvalue weighted by Gasteiger charge is -2.50. The van der Waals surface area contributed by atoms with Crippen molar-refractivity contribution in [3.8, 4) is 22.6 Å². The Morgan fingerprint density at radius 1 is 1.11 bits per heavy atom. The van der Waals surface area contributed by atoms with Crippen LogP contribution in [0, 0.1) is 11.8 Å². The van der Waals surface area contributed by atoms with Crippen LogP contribution in [-0.4, -0.2) is 74.9 Å². The van der Waals surface area contributed by atoms with Crippen LogP contribution in [0.5, 0.6) is 11.5 Å². The minimum Gasteiger partial charge on any atom is -0.508 e. The van der Waals surface area contributed by atoms with Crippen molar-refractivity contribution in [3.63, 3.8) is 0 Å². The highest BCUT2D eigenvalue weighted by Gasteiger charge is 2.64. The van der Waals surface area contributed by atoms with Crippen LogP contribution < -0.4 is 10.5 Å². The maximum absolute atomic E-state index is 14.1. The number of hydrogen-bond acceptors (Lipinski definition) is 9. The van der Waals surface area contributed by atoms with E-state index < -0.39 is 75.9 Å². The molecule has 234 valence electrons. The lowest BCUT2D eigenvalue weighted by Crippen LogP contribution is -2.65. The standard InChI is InChI=1S/C31H31F3N2O8/c1-12(2)16-11-17(13-5-7-15(8-6-13)44-31(32,33)34)24(37)21-18(16)9-14-10-19-23(36(3)4)26(39)22(29(35)42)28(41)30(19,43)27(40)20(14)25(21)38/h5-8,11-12,14,19,23,37-38,41,43H,9-10H2,1-4H3,(H2,35,42). The second-order valence-electron chi connectivity index (χ2n) is 11.9. The minimum absolute atomic E-state index is 0.0491. The lowest BCUT2D eigenvalue weighted by atomic mass is 9.57. The van der Waals surface area contributed by atoms with Crippen LogP contribution in [-0.2, 0) is 20.8 Å². The number of aliphatic hydroxyl groups excluding tert-OH is 2. The molecule has 0 radical (unpaired) electrons. The fourth-order valence-electron chi connectivity index (χ4n) is 6.91. The zero-order valence-corrected chi connectivity index (χ0v) is 24.2. The third-order valence-corrected chi connectivity index (χ3v) is 8.78. The van der Waals surface area contributed by atoms with Crippen LogP contribution in [0.25, 0.3) is 16.9 Å². The summed E-state index contributed by atoms with van der Waals surface area (Å²) in [7, 11) is 3.04. The van der Waals surface area contributed by atoms with Gasteiger partial charge in [-0.3, -0.25) is 19.3 Å². The molecule has 0 bridgehead atoms. The molecular formula is C31H31F3N2O8. The number of carbonyl (C=O) groups is 3. The Kier molecular flexibility index (Phi) is 7.33. The molecule has 3 aliphatic carbocycles. The van der Waals surface area contributed by atoms with Gasteiger partial charge in [0.2, 0.25) is 5.78 Å². The summed E-state index contributed by atoms with van der Waals surface area (Å²) in [5.74, 6) is -8.18. The highest BCUT2D eigenvalue weighted by molar-refractivity contribution is 6.24. The number of ketones is 2. The van der Waals surface area contributed by atoms with Gasteiger partial charge in [0, 0.05) is 17.1 Å². The third-order valence-electron chi connectivity index (χ3n) is 8.78. The molecule has 0 aromatic heterocycles. The van der Waals surface area contributed by atoms with Gasteiger partial charge < -0.3 is 30.9 Å². The predicted molar refractivity (Wildman–Crippen MR) is 150 cm³/mol. The Labute approximate surface area is 249 Å². The number of carbonyl (C=O) groups excluding carboxylic acids is 3. The van der Waals surface area contributed by atoms with Crippen molar-refractivity contribution >= 4 is 23.2 Å². The van der Waals surface area contributed by atoms with Gasteiger partial charge in [-0.2, -0.15) is 0 Å². The summed E-state index contributed by atoms with van der Waals surface area (Å²) >= 11 is 0. The molecule has 0 heterocycles. The van der Waals surface area contributed by atoms with Crippen LogP contribution >= 0.6 is 0 Å². The molecule has 1 saturated carbocycles. The summed E-state index contributed by atoms with van der Waals surface area (Å²) in [5, 5.41) is 45.9. The highest BCUT2D eigenvalue weighted by Crippen LogP contribution is 2.54. The number of amides is 1. The van der Waals surface area contributed by atoms with E-state index in [0.717, 1.165) is 12.1 Å². The van der Waals surface area contributed by atoms with Crippen LogP contribution in [0.4, 0.5) is 13.2 Å². The molecule has 1 fully saturated rings. The molecule has 3 aliphatic rings. The van der Waals surface area contributed by atoms with E-state index in [2.05, 4.69) is 4.74 Å². The highest BCUT2D eigenvalue weighted by atomic mass is 19.4. The first-order valence-corrected chi connectivity index (χ1v) is 13.8. The van der Waals surface area contributed by atoms with E-state index >= 15 is 0 Å². The molecule has 1 amide bonds. The number of aliphatic hydroxyl groups is 3. The molecule has 0 spiro atoms. The number of fused-ring (bicyclic) bond motifs is 3. The quantitative estimate of drug-likeness (QED) is 0.315. The molecular weight excluding hydrogens is 585 g/mol. The number of nitrogens with zero attached hydrogens (tertiary/aromatic N) is 1.